The third-order valence-corrected chi connectivity index (χ3v) is 4.78. The molecule has 0 bridgehead atoms. The minimum atomic E-state index is -3.47. The van der Waals surface area contributed by atoms with Crippen LogP contribution in [0.1, 0.15) is 6.42 Å². The van der Waals surface area contributed by atoms with Crippen LogP contribution in [0.15, 0.2) is 0 Å². The first-order valence-electron chi connectivity index (χ1n) is 5.94. The first kappa shape index (κ1) is 15.3. The van der Waals surface area contributed by atoms with Gasteiger partial charge in [-0.15, -0.1) is 0 Å². The second-order valence-electron chi connectivity index (χ2n) is 3.96. The van der Waals surface area contributed by atoms with Gasteiger partial charge in [0.25, 0.3) is 10.2 Å². The maximum absolute atomic E-state index is 12.4. The lowest BCUT2D eigenvalue weighted by atomic mass is 10.4. The van der Waals surface area contributed by atoms with Crippen molar-refractivity contribution in [1.82, 2.24) is 13.9 Å². The molecule has 1 aliphatic heterocycles. The van der Waals surface area contributed by atoms with Crippen LogP contribution in [0.5, 0.6) is 0 Å². The molecular formula is C10H20N4O3S. The summed E-state index contributed by atoms with van der Waals surface area (Å²) in [6, 6.07) is 1.97. The highest BCUT2D eigenvalue weighted by molar-refractivity contribution is 7.86. The summed E-state index contributed by atoms with van der Waals surface area (Å²) in [6.45, 7) is 3.09. The molecule has 7 nitrogen and oxygen atoms in total. The van der Waals surface area contributed by atoms with Gasteiger partial charge in [0.2, 0.25) is 0 Å². The van der Waals surface area contributed by atoms with Crippen LogP contribution in [0, 0.1) is 11.3 Å². The average Bonchev–Trinajstić information content (AvgIpc) is 2.39. The number of nitrogens with zero attached hydrogens (tertiary/aromatic N) is 3. The number of ether oxygens (including phenoxy) is 1. The Kier molecular flexibility index (Phi) is 6.52. The third kappa shape index (κ3) is 4.19. The summed E-state index contributed by atoms with van der Waals surface area (Å²) in [5, 5.41) is 11.7. The Labute approximate surface area is 108 Å². The molecule has 1 rings (SSSR count). The van der Waals surface area contributed by atoms with Crippen molar-refractivity contribution in [3.63, 3.8) is 0 Å². The van der Waals surface area contributed by atoms with Crippen molar-refractivity contribution in [3.8, 4) is 6.07 Å². The molecule has 1 fully saturated rings. The molecule has 0 atom stereocenters. The van der Waals surface area contributed by atoms with Crippen LogP contribution in [0.4, 0.5) is 0 Å². The van der Waals surface area contributed by atoms with Gasteiger partial charge < -0.3 is 10.1 Å². The molecule has 0 amide bonds. The zero-order valence-electron chi connectivity index (χ0n) is 10.6. The van der Waals surface area contributed by atoms with Crippen molar-refractivity contribution in [2.75, 3.05) is 53.0 Å². The fourth-order valence-electron chi connectivity index (χ4n) is 1.75. The van der Waals surface area contributed by atoms with Gasteiger partial charge in [0, 0.05) is 52.8 Å². The molecule has 8 heteroatoms. The number of methoxy groups -OCH3 is 1. The molecular weight excluding hydrogens is 256 g/mol. The molecule has 18 heavy (non-hydrogen) atoms. The van der Waals surface area contributed by atoms with Gasteiger partial charge in [0.15, 0.2) is 0 Å². The largest absolute Gasteiger partial charge is 0.383 e. The van der Waals surface area contributed by atoms with Crippen molar-refractivity contribution in [2.45, 2.75) is 6.42 Å². The molecule has 1 saturated heterocycles. The van der Waals surface area contributed by atoms with Crippen molar-refractivity contribution >= 4 is 10.2 Å². The van der Waals surface area contributed by atoms with Crippen LogP contribution in [0.25, 0.3) is 0 Å². The van der Waals surface area contributed by atoms with Gasteiger partial charge in [0.05, 0.1) is 12.7 Å². The van der Waals surface area contributed by atoms with Crippen LogP contribution in [0.2, 0.25) is 0 Å². The van der Waals surface area contributed by atoms with Gasteiger partial charge in [-0.25, -0.2) is 0 Å². The minimum Gasteiger partial charge on any atom is -0.383 e. The number of hydrogen-bond acceptors (Lipinski definition) is 5. The van der Waals surface area contributed by atoms with E-state index in [1.807, 2.05) is 6.07 Å². The molecule has 0 unspecified atom stereocenters. The highest BCUT2D eigenvalue weighted by Crippen LogP contribution is 2.10. The summed E-state index contributed by atoms with van der Waals surface area (Å²) >= 11 is 0. The van der Waals surface area contributed by atoms with Crippen LogP contribution in [-0.2, 0) is 14.9 Å². The Balaban J connectivity index is 2.70. The second-order valence-corrected chi connectivity index (χ2v) is 5.89. The molecule has 0 aromatic heterocycles. The normalized spacial score (nSPS) is 17.8. The fourth-order valence-corrected chi connectivity index (χ4v) is 3.35. The molecule has 0 spiro atoms. The highest BCUT2D eigenvalue weighted by atomic mass is 32.2. The van der Waals surface area contributed by atoms with Gasteiger partial charge >= 0.3 is 0 Å². The monoisotopic (exact) mass is 276 g/mol. The first-order valence-corrected chi connectivity index (χ1v) is 7.34. The summed E-state index contributed by atoms with van der Waals surface area (Å²) in [7, 11) is -1.95. The Bertz CT molecular complexity index is 373. The number of piperazine rings is 1. The lowest BCUT2D eigenvalue weighted by Gasteiger charge is -2.32. The van der Waals surface area contributed by atoms with E-state index >= 15 is 0 Å². The number of nitrogens with one attached hydrogen (secondary N) is 1. The van der Waals surface area contributed by atoms with E-state index in [9.17, 15) is 8.42 Å². The van der Waals surface area contributed by atoms with Crippen molar-refractivity contribution < 1.29 is 13.2 Å². The number of hydrogen-bond donors (Lipinski definition) is 1. The maximum atomic E-state index is 12.4. The van der Waals surface area contributed by atoms with E-state index in [1.54, 1.807) is 0 Å². The SMILES string of the molecule is COCCN(CCC#N)S(=O)(=O)N1CCNCC1. The predicted octanol–water partition coefficient (Wildman–Crippen LogP) is -1.00. The summed E-state index contributed by atoms with van der Waals surface area (Å²) in [5.74, 6) is 0. The number of rotatable bonds is 7. The molecule has 0 aromatic rings. The Hall–Kier alpha value is -0.720. The molecule has 1 aliphatic rings. The smallest absolute Gasteiger partial charge is 0.282 e. The van der Waals surface area contributed by atoms with Gasteiger partial charge in [-0.05, 0) is 0 Å². The van der Waals surface area contributed by atoms with E-state index in [4.69, 9.17) is 10.00 Å². The number of nitriles is 1. The summed E-state index contributed by atoms with van der Waals surface area (Å²) in [5.41, 5.74) is 0. The van der Waals surface area contributed by atoms with Gasteiger partial charge in [-0.3, -0.25) is 0 Å². The summed E-state index contributed by atoms with van der Waals surface area (Å²) < 4.78 is 32.4. The standard InChI is InChI=1S/C10H20N4O3S/c1-17-10-9-13(6-2-3-11)18(15,16)14-7-4-12-5-8-14/h12H,2,4-10H2,1H3. The lowest BCUT2D eigenvalue weighted by Crippen LogP contribution is -2.52. The zero-order valence-corrected chi connectivity index (χ0v) is 11.4. The van der Waals surface area contributed by atoms with E-state index < -0.39 is 10.2 Å². The van der Waals surface area contributed by atoms with Gasteiger partial charge in [-0.2, -0.15) is 22.3 Å². The first-order chi connectivity index (χ1) is 8.62. The molecule has 0 radical (unpaired) electrons. The zero-order chi connectivity index (χ0) is 13.4. The molecule has 0 aromatic carbocycles. The Morgan fingerprint density at radius 3 is 2.61 bits per heavy atom. The molecule has 1 heterocycles. The van der Waals surface area contributed by atoms with E-state index in [0.717, 1.165) is 0 Å². The van der Waals surface area contributed by atoms with E-state index in [-0.39, 0.29) is 19.5 Å². The van der Waals surface area contributed by atoms with Gasteiger partial charge in [-0.1, -0.05) is 0 Å². The fraction of sp³-hybridized carbons (Fsp3) is 0.900. The summed E-state index contributed by atoms with van der Waals surface area (Å²) in [6.07, 6.45) is 0.190. The molecule has 1 N–H and O–H groups in total. The summed E-state index contributed by atoms with van der Waals surface area (Å²) in [4.78, 5) is 0. The average molecular weight is 276 g/mol. The van der Waals surface area contributed by atoms with Crippen LogP contribution in [0.3, 0.4) is 0 Å². The third-order valence-electron chi connectivity index (χ3n) is 2.75. The molecule has 104 valence electrons. The van der Waals surface area contributed by atoms with E-state index in [1.165, 1.54) is 15.7 Å². The maximum Gasteiger partial charge on any atom is 0.282 e. The Morgan fingerprint density at radius 2 is 2.06 bits per heavy atom. The van der Waals surface area contributed by atoms with E-state index in [0.29, 0.717) is 32.8 Å². The topological polar surface area (TPSA) is 85.7 Å². The van der Waals surface area contributed by atoms with Gasteiger partial charge in [0.1, 0.15) is 0 Å². The van der Waals surface area contributed by atoms with Crippen molar-refractivity contribution in [3.05, 3.63) is 0 Å². The molecule has 0 saturated carbocycles. The second kappa shape index (κ2) is 7.66. The lowest BCUT2D eigenvalue weighted by molar-refractivity contribution is 0.175. The Morgan fingerprint density at radius 1 is 1.39 bits per heavy atom. The van der Waals surface area contributed by atoms with Crippen LogP contribution < -0.4 is 5.32 Å². The molecule has 0 aliphatic carbocycles. The quantitative estimate of drug-likeness (QED) is 0.644. The van der Waals surface area contributed by atoms with Crippen molar-refractivity contribution in [2.24, 2.45) is 0 Å². The minimum absolute atomic E-state index is 0.190. The van der Waals surface area contributed by atoms with Crippen LogP contribution in [-0.4, -0.2) is 70.0 Å². The van der Waals surface area contributed by atoms with E-state index in [2.05, 4.69) is 5.32 Å². The predicted molar refractivity (Wildman–Crippen MR) is 67.0 cm³/mol. The highest BCUT2D eigenvalue weighted by Gasteiger charge is 2.29. The van der Waals surface area contributed by atoms with Crippen LogP contribution >= 0.6 is 0 Å². The van der Waals surface area contributed by atoms with Crippen molar-refractivity contribution in [1.29, 1.82) is 5.26 Å².